The molecule has 1 atom stereocenters. The van der Waals surface area contributed by atoms with Gasteiger partial charge in [-0.25, -0.2) is 9.78 Å². The van der Waals surface area contributed by atoms with Crippen LogP contribution < -0.4 is 5.56 Å². The fourth-order valence-electron chi connectivity index (χ4n) is 4.31. The lowest BCUT2D eigenvalue weighted by atomic mass is 10.1. The number of aromatic nitrogens is 3. The number of rotatable bonds is 5. The molecule has 38 heavy (non-hydrogen) atoms. The van der Waals surface area contributed by atoms with Crippen LogP contribution in [-0.4, -0.2) is 33.5 Å². The summed E-state index contributed by atoms with van der Waals surface area (Å²) in [6.45, 7) is 1.70. The van der Waals surface area contributed by atoms with E-state index in [0.29, 0.717) is 11.1 Å². The molecule has 192 valence electrons. The van der Waals surface area contributed by atoms with E-state index in [0.717, 1.165) is 27.7 Å². The molecular formula is C28H21F3N4O3. The summed E-state index contributed by atoms with van der Waals surface area (Å²) in [5.74, 6) is -0.473. The molecule has 3 aromatic carbocycles. The van der Waals surface area contributed by atoms with Crippen LogP contribution in [0.2, 0.25) is 0 Å². The summed E-state index contributed by atoms with van der Waals surface area (Å²) >= 11 is 0. The molecule has 0 fully saturated rings. The van der Waals surface area contributed by atoms with Gasteiger partial charge in [0.15, 0.2) is 5.82 Å². The summed E-state index contributed by atoms with van der Waals surface area (Å²) < 4.78 is 47.9. The van der Waals surface area contributed by atoms with Gasteiger partial charge in [-0.05, 0) is 37.3 Å². The molecule has 2 heterocycles. The predicted molar refractivity (Wildman–Crippen MR) is 138 cm³/mol. The van der Waals surface area contributed by atoms with Crippen molar-refractivity contribution in [3.8, 4) is 11.4 Å². The SMILES string of the molecule is COC(=O)[C@H](C)n1cc(C=Nn2c(-c3cccc(C(F)(F)F)c3)nc3ccccc3c2=O)c2ccccc21. The zero-order valence-electron chi connectivity index (χ0n) is 20.3. The smallest absolute Gasteiger partial charge is 0.416 e. The van der Waals surface area contributed by atoms with Gasteiger partial charge in [0, 0.05) is 28.2 Å². The maximum Gasteiger partial charge on any atom is 0.416 e. The number of hydrogen-bond donors (Lipinski definition) is 0. The Labute approximate surface area is 214 Å². The number of hydrogen-bond acceptors (Lipinski definition) is 5. The molecule has 0 unspecified atom stereocenters. The van der Waals surface area contributed by atoms with Crippen molar-refractivity contribution in [3.63, 3.8) is 0 Å². The summed E-state index contributed by atoms with van der Waals surface area (Å²) in [5.41, 5.74) is 0.348. The van der Waals surface area contributed by atoms with Crippen LogP contribution in [-0.2, 0) is 15.7 Å². The number of carbonyl (C=O) groups excluding carboxylic acids is 1. The van der Waals surface area contributed by atoms with E-state index in [2.05, 4.69) is 10.1 Å². The average Bonchev–Trinajstić information content (AvgIpc) is 3.30. The lowest BCUT2D eigenvalue weighted by Gasteiger charge is -2.12. The van der Waals surface area contributed by atoms with Gasteiger partial charge in [0.05, 0.1) is 29.8 Å². The minimum absolute atomic E-state index is 0.0392. The van der Waals surface area contributed by atoms with Crippen LogP contribution in [0.25, 0.3) is 33.2 Å². The fraction of sp³-hybridized carbons (Fsp3) is 0.143. The monoisotopic (exact) mass is 518 g/mol. The van der Waals surface area contributed by atoms with Gasteiger partial charge in [0.2, 0.25) is 0 Å². The Balaban J connectivity index is 1.70. The second-order valence-corrected chi connectivity index (χ2v) is 8.60. The summed E-state index contributed by atoms with van der Waals surface area (Å²) in [6.07, 6.45) is -1.43. The van der Waals surface area contributed by atoms with Crippen LogP contribution in [0, 0.1) is 0 Å². The normalized spacial score (nSPS) is 12.9. The second kappa shape index (κ2) is 9.62. The average molecular weight is 518 g/mol. The van der Waals surface area contributed by atoms with Crippen molar-refractivity contribution in [2.75, 3.05) is 7.11 Å². The van der Waals surface area contributed by atoms with Crippen molar-refractivity contribution in [1.29, 1.82) is 0 Å². The van der Waals surface area contributed by atoms with Gasteiger partial charge in [0.1, 0.15) is 6.04 Å². The van der Waals surface area contributed by atoms with E-state index in [1.165, 1.54) is 25.5 Å². The molecule has 5 rings (SSSR count). The Morgan fingerprint density at radius 2 is 1.74 bits per heavy atom. The maximum absolute atomic E-state index is 13.5. The number of alkyl halides is 3. The molecular weight excluding hydrogens is 497 g/mol. The predicted octanol–water partition coefficient (Wildman–Crippen LogP) is 5.65. The molecule has 0 amide bonds. The highest BCUT2D eigenvalue weighted by Gasteiger charge is 2.31. The number of para-hydroxylation sites is 2. The van der Waals surface area contributed by atoms with E-state index < -0.39 is 29.3 Å². The van der Waals surface area contributed by atoms with Crippen molar-refractivity contribution in [1.82, 2.24) is 14.2 Å². The van der Waals surface area contributed by atoms with Gasteiger partial charge < -0.3 is 9.30 Å². The Kier molecular flexibility index (Phi) is 6.31. The second-order valence-electron chi connectivity index (χ2n) is 8.60. The Hall–Kier alpha value is -4.73. The van der Waals surface area contributed by atoms with Gasteiger partial charge in [-0.2, -0.15) is 22.9 Å². The minimum atomic E-state index is -4.57. The number of halogens is 3. The first-order valence-electron chi connectivity index (χ1n) is 11.6. The van der Waals surface area contributed by atoms with E-state index in [9.17, 15) is 22.8 Å². The standard InChI is InChI=1S/C28H21F3N4O3/c1-17(27(37)38-2)34-16-19(21-10-4-6-13-24(21)34)15-32-35-25(18-8-7-9-20(14-18)28(29,30)31)33-23-12-5-3-11-22(23)26(35)36/h3-17H,1-2H3/t17-/m0/s1. The number of esters is 1. The van der Waals surface area contributed by atoms with E-state index in [-0.39, 0.29) is 16.8 Å². The third-order valence-corrected chi connectivity index (χ3v) is 6.25. The number of ether oxygens (including phenoxy) is 1. The zero-order chi connectivity index (χ0) is 27.0. The van der Waals surface area contributed by atoms with E-state index in [1.807, 2.05) is 24.3 Å². The quantitative estimate of drug-likeness (QED) is 0.222. The Morgan fingerprint density at radius 1 is 1.03 bits per heavy atom. The van der Waals surface area contributed by atoms with Crippen LogP contribution in [0.1, 0.15) is 24.1 Å². The summed E-state index contributed by atoms with van der Waals surface area (Å²) in [5, 5.41) is 5.41. The van der Waals surface area contributed by atoms with E-state index in [4.69, 9.17) is 4.74 Å². The highest BCUT2D eigenvalue weighted by atomic mass is 19.4. The molecule has 0 radical (unpaired) electrons. The Bertz CT molecular complexity index is 1770. The van der Waals surface area contributed by atoms with Crippen LogP contribution in [0.4, 0.5) is 13.2 Å². The number of fused-ring (bicyclic) bond motifs is 2. The van der Waals surface area contributed by atoms with Crippen LogP contribution >= 0.6 is 0 Å². The third kappa shape index (κ3) is 4.45. The van der Waals surface area contributed by atoms with Crippen molar-refractivity contribution in [2.24, 2.45) is 5.10 Å². The molecule has 0 bridgehead atoms. The molecule has 2 aromatic heterocycles. The summed E-state index contributed by atoms with van der Waals surface area (Å²) in [4.78, 5) is 30.1. The van der Waals surface area contributed by atoms with Gasteiger partial charge in [0.25, 0.3) is 5.56 Å². The van der Waals surface area contributed by atoms with E-state index >= 15 is 0 Å². The topological polar surface area (TPSA) is 78.5 Å². The molecule has 5 aromatic rings. The highest BCUT2D eigenvalue weighted by molar-refractivity contribution is 6.00. The van der Waals surface area contributed by atoms with E-state index in [1.54, 1.807) is 42.0 Å². The molecule has 0 aliphatic rings. The van der Waals surface area contributed by atoms with Crippen LogP contribution in [0.15, 0.2) is 88.9 Å². The highest BCUT2D eigenvalue weighted by Crippen LogP contribution is 2.32. The first-order valence-corrected chi connectivity index (χ1v) is 11.6. The minimum Gasteiger partial charge on any atom is -0.467 e. The number of carbonyl (C=O) groups is 1. The molecule has 0 saturated heterocycles. The lowest BCUT2D eigenvalue weighted by Crippen LogP contribution is -2.20. The molecule has 0 N–H and O–H groups in total. The van der Waals surface area contributed by atoms with Crippen molar-refractivity contribution < 1.29 is 22.7 Å². The number of nitrogens with zero attached hydrogens (tertiary/aromatic N) is 4. The van der Waals surface area contributed by atoms with Crippen molar-refractivity contribution >= 4 is 34.0 Å². The first kappa shape index (κ1) is 24.9. The number of benzene rings is 3. The van der Waals surface area contributed by atoms with Crippen LogP contribution in [0.5, 0.6) is 0 Å². The molecule has 10 heteroatoms. The molecule has 7 nitrogen and oxygen atoms in total. The summed E-state index contributed by atoms with van der Waals surface area (Å²) in [7, 11) is 1.31. The molecule has 0 saturated carbocycles. The zero-order valence-corrected chi connectivity index (χ0v) is 20.3. The van der Waals surface area contributed by atoms with Gasteiger partial charge in [-0.15, -0.1) is 0 Å². The molecule has 0 spiro atoms. The van der Waals surface area contributed by atoms with Crippen molar-refractivity contribution in [2.45, 2.75) is 19.1 Å². The first-order chi connectivity index (χ1) is 18.2. The Morgan fingerprint density at radius 3 is 2.47 bits per heavy atom. The van der Waals surface area contributed by atoms with Gasteiger partial charge >= 0.3 is 12.1 Å². The third-order valence-electron chi connectivity index (χ3n) is 6.25. The van der Waals surface area contributed by atoms with Gasteiger partial charge in [-0.1, -0.05) is 42.5 Å². The molecule has 0 aliphatic carbocycles. The number of methoxy groups -OCH3 is 1. The largest absolute Gasteiger partial charge is 0.467 e. The lowest BCUT2D eigenvalue weighted by molar-refractivity contribution is -0.144. The van der Waals surface area contributed by atoms with Crippen LogP contribution in [0.3, 0.4) is 0 Å². The van der Waals surface area contributed by atoms with Gasteiger partial charge in [-0.3, -0.25) is 4.79 Å². The fourth-order valence-corrected chi connectivity index (χ4v) is 4.31. The summed E-state index contributed by atoms with van der Waals surface area (Å²) in [6, 6.07) is 17.9. The van der Waals surface area contributed by atoms with Crippen molar-refractivity contribution in [3.05, 3.63) is 100 Å². The molecule has 0 aliphatic heterocycles. The maximum atomic E-state index is 13.5.